The molecule has 2 aromatic carbocycles. The van der Waals surface area contributed by atoms with Crippen molar-refractivity contribution in [2.75, 3.05) is 10.8 Å². The number of anilines is 1. The fourth-order valence-electron chi connectivity index (χ4n) is 2.56. The second-order valence-electron chi connectivity index (χ2n) is 6.31. The van der Waals surface area contributed by atoms with Gasteiger partial charge < -0.3 is 0 Å². The molecule has 0 unspecified atom stereocenters. The SMILES string of the molecule is Cc1ccc(N(CC(=O)N/N=C\c2ccccn2)S(=O)(=O)c2ccccc2)cc1Cl. The number of benzene rings is 2. The van der Waals surface area contributed by atoms with Gasteiger partial charge >= 0.3 is 0 Å². The Kier molecular flexibility index (Phi) is 6.81. The molecule has 7 nitrogen and oxygen atoms in total. The molecule has 0 saturated heterocycles. The van der Waals surface area contributed by atoms with Gasteiger partial charge in [-0.1, -0.05) is 41.9 Å². The average Bonchev–Trinajstić information content (AvgIpc) is 2.75. The van der Waals surface area contributed by atoms with Gasteiger partial charge in [0.05, 0.1) is 22.5 Å². The van der Waals surface area contributed by atoms with Gasteiger partial charge in [0.25, 0.3) is 15.9 Å². The van der Waals surface area contributed by atoms with Crippen molar-refractivity contribution in [3.05, 3.63) is 89.2 Å². The average molecular weight is 443 g/mol. The van der Waals surface area contributed by atoms with E-state index in [1.165, 1.54) is 24.4 Å². The molecule has 30 heavy (non-hydrogen) atoms. The first kappa shape index (κ1) is 21.5. The molecule has 0 aliphatic rings. The maximum atomic E-state index is 13.2. The van der Waals surface area contributed by atoms with Gasteiger partial charge in [-0.05, 0) is 48.9 Å². The molecule has 1 N–H and O–H groups in total. The second kappa shape index (κ2) is 9.51. The molecule has 0 saturated carbocycles. The quantitative estimate of drug-likeness (QED) is 0.448. The van der Waals surface area contributed by atoms with Crippen LogP contribution in [0.1, 0.15) is 11.3 Å². The van der Waals surface area contributed by atoms with Gasteiger partial charge in [-0.25, -0.2) is 13.8 Å². The number of hydrazone groups is 1. The molecule has 0 radical (unpaired) electrons. The van der Waals surface area contributed by atoms with Gasteiger partial charge in [-0.2, -0.15) is 5.10 Å². The van der Waals surface area contributed by atoms with Crippen molar-refractivity contribution < 1.29 is 13.2 Å². The van der Waals surface area contributed by atoms with Crippen molar-refractivity contribution in [1.82, 2.24) is 10.4 Å². The summed E-state index contributed by atoms with van der Waals surface area (Å²) in [5.41, 5.74) is 3.95. The maximum absolute atomic E-state index is 13.2. The first-order valence-electron chi connectivity index (χ1n) is 8.95. The van der Waals surface area contributed by atoms with Crippen molar-refractivity contribution in [3.63, 3.8) is 0 Å². The third-order valence-corrected chi connectivity index (χ3v) is 6.33. The number of nitrogens with one attached hydrogen (secondary N) is 1. The molecule has 0 fully saturated rings. The Bertz CT molecular complexity index is 1150. The molecule has 3 rings (SSSR count). The summed E-state index contributed by atoms with van der Waals surface area (Å²) in [5, 5.41) is 4.24. The van der Waals surface area contributed by atoms with E-state index >= 15 is 0 Å². The van der Waals surface area contributed by atoms with Crippen LogP contribution in [-0.4, -0.2) is 32.1 Å². The lowest BCUT2D eigenvalue weighted by Gasteiger charge is -2.24. The Labute approximate surface area is 180 Å². The lowest BCUT2D eigenvalue weighted by molar-refractivity contribution is -0.119. The summed E-state index contributed by atoms with van der Waals surface area (Å²) < 4.78 is 27.4. The number of hydrogen-bond donors (Lipinski definition) is 1. The highest BCUT2D eigenvalue weighted by molar-refractivity contribution is 7.92. The summed E-state index contributed by atoms with van der Waals surface area (Å²) in [4.78, 5) is 16.6. The summed E-state index contributed by atoms with van der Waals surface area (Å²) in [6, 6.07) is 18.0. The Hall–Kier alpha value is -3.23. The lowest BCUT2D eigenvalue weighted by atomic mass is 10.2. The van der Waals surface area contributed by atoms with Crippen LogP contribution in [0.2, 0.25) is 5.02 Å². The van der Waals surface area contributed by atoms with Gasteiger partial charge in [-0.15, -0.1) is 0 Å². The first-order valence-corrected chi connectivity index (χ1v) is 10.8. The van der Waals surface area contributed by atoms with Crippen molar-refractivity contribution in [2.45, 2.75) is 11.8 Å². The number of nitrogens with zero attached hydrogens (tertiary/aromatic N) is 3. The summed E-state index contributed by atoms with van der Waals surface area (Å²) in [6.45, 7) is 1.33. The Morgan fingerprint density at radius 1 is 1.13 bits per heavy atom. The van der Waals surface area contributed by atoms with Gasteiger partial charge in [0.15, 0.2) is 0 Å². The van der Waals surface area contributed by atoms with Gasteiger partial charge in [-0.3, -0.25) is 14.1 Å². The van der Waals surface area contributed by atoms with Crippen LogP contribution < -0.4 is 9.73 Å². The van der Waals surface area contributed by atoms with Gasteiger partial charge in [0.2, 0.25) is 0 Å². The second-order valence-corrected chi connectivity index (χ2v) is 8.58. The first-order chi connectivity index (χ1) is 14.4. The highest BCUT2D eigenvalue weighted by atomic mass is 35.5. The highest BCUT2D eigenvalue weighted by Crippen LogP contribution is 2.27. The van der Waals surface area contributed by atoms with Crippen LogP contribution in [0.3, 0.4) is 0 Å². The van der Waals surface area contributed by atoms with Crippen LogP contribution >= 0.6 is 11.6 Å². The van der Waals surface area contributed by atoms with E-state index in [0.717, 1.165) is 9.87 Å². The normalized spacial score (nSPS) is 11.4. The summed E-state index contributed by atoms with van der Waals surface area (Å²) in [6.07, 6.45) is 2.97. The molecular weight excluding hydrogens is 424 g/mol. The third-order valence-electron chi connectivity index (χ3n) is 4.14. The number of halogens is 1. The molecule has 0 bridgehead atoms. The maximum Gasteiger partial charge on any atom is 0.264 e. The monoisotopic (exact) mass is 442 g/mol. The molecular formula is C21H19ClN4O3S. The molecule has 0 atom stereocenters. The molecule has 1 heterocycles. The van der Waals surface area contributed by atoms with E-state index in [0.29, 0.717) is 10.7 Å². The molecule has 9 heteroatoms. The number of sulfonamides is 1. The van der Waals surface area contributed by atoms with Crippen molar-refractivity contribution in [2.24, 2.45) is 5.10 Å². The summed E-state index contributed by atoms with van der Waals surface area (Å²) in [5.74, 6) is -0.613. The minimum Gasteiger partial charge on any atom is -0.271 e. The third kappa shape index (κ3) is 5.22. The number of amides is 1. The van der Waals surface area contributed by atoms with E-state index in [9.17, 15) is 13.2 Å². The van der Waals surface area contributed by atoms with Crippen LogP contribution in [0, 0.1) is 6.92 Å². The van der Waals surface area contributed by atoms with E-state index in [1.807, 2.05) is 0 Å². The molecule has 1 amide bonds. The Morgan fingerprint density at radius 3 is 2.53 bits per heavy atom. The van der Waals surface area contributed by atoms with Crippen molar-refractivity contribution >= 4 is 39.4 Å². The van der Waals surface area contributed by atoms with E-state index in [-0.39, 0.29) is 10.6 Å². The molecule has 3 aromatic rings. The largest absolute Gasteiger partial charge is 0.271 e. The fourth-order valence-corrected chi connectivity index (χ4v) is 4.17. The minimum absolute atomic E-state index is 0.0616. The zero-order chi connectivity index (χ0) is 21.6. The number of aromatic nitrogens is 1. The minimum atomic E-state index is -4.01. The van der Waals surface area contributed by atoms with Crippen LogP contribution in [-0.2, 0) is 14.8 Å². The Morgan fingerprint density at radius 2 is 1.87 bits per heavy atom. The van der Waals surface area contributed by atoms with Crippen molar-refractivity contribution in [1.29, 1.82) is 0 Å². The number of carbonyl (C=O) groups excluding carboxylic acids is 1. The van der Waals surface area contributed by atoms with E-state index in [1.54, 1.807) is 61.7 Å². The number of carbonyl (C=O) groups is 1. The zero-order valence-electron chi connectivity index (χ0n) is 16.1. The number of aryl methyl sites for hydroxylation is 1. The molecule has 0 aliphatic heterocycles. The van der Waals surface area contributed by atoms with E-state index in [2.05, 4.69) is 15.5 Å². The predicted octanol–water partition coefficient (Wildman–Crippen LogP) is 3.39. The predicted molar refractivity (Wildman–Crippen MR) is 117 cm³/mol. The molecule has 1 aromatic heterocycles. The zero-order valence-corrected chi connectivity index (χ0v) is 17.6. The summed E-state index contributed by atoms with van der Waals surface area (Å²) >= 11 is 6.19. The number of pyridine rings is 1. The van der Waals surface area contributed by atoms with Gasteiger partial charge in [0, 0.05) is 11.2 Å². The van der Waals surface area contributed by atoms with Gasteiger partial charge in [0.1, 0.15) is 6.54 Å². The standard InChI is InChI=1S/C21H19ClN4O3S/c1-16-10-11-18(13-20(16)22)26(30(28,29)19-8-3-2-4-9-19)15-21(27)25-24-14-17-7-5-6-12-23-17/h2-14H,15H2,1H3,(H,25,27)/b24-14-. The van der Waals surface area contributed by atoms with Crippen LogP contribution in [0.5, 0.6) is 0 Å². The number of rotatable bonds is 7. The van der Waals surface area contributed by atoms with E-state index < -0.39 is 22.5 Å². The highest BCUT2D eigenvalue weighted by Gasteiger charge is 2.27. The van der Waals surface area contributed by atoms with Crippen molar-refractivity contribution in [3.8, 4) is 0 Å². The topological polar surface area (TPSA) is 91.7 Å². The van der Waals surface area contributed by atoms with Crippen LogP contribution in [0.4, 0.5) is 5.69 Å². The summed E-state index contributed by atoms with van der Waals surface area (Å²) in [7, 11) is -4.01. The Balaban J connectivity index is 1.87. The van der Waals surface area contributed by atoms with E-state index in [4.69, 9.17) is 11.6 Å². The fraction of sp³-hybridized carbons (Fsp3) is 0.0952. The molecule has 0 aliphatic carbocycles. The lowest BCUT2D eigenvalue weighted by Crippen LogP contribution is -2.39. The smallest absolute Gasteiger partial charge is 0.264 e. The number of hydrogen-bond acceptors (Lipinski definition) is 5. The van der Waals surface area contributed by atoms with Crippen LogP contribution in [0.15, 0.2) is 82.9 Å². The molecule has 0 spiro atoms. The van der Waals surface area contributed by atoms with Crippen LogP contribution in [0.25, 0.3) is 0 Å². The molecule has 154 valence electrons.